The molecule has 2 aromatic carbocycles. The van der Waals surface area contributed by atoms with E-state index in [0.29, 0.717) is 56.0 Å². The fourth-order valence-corrected chi connectivity index (χ4v) is 6.41. The Kier molecular flexibility index (Phi) is 7.38. The van der Waals surface area contributed by atoms with E-state index in [-0.39, 0.29) is 24.1 Å². The van der Waals surface area contributed by atoms with Gasteiger partial charge in [0.25, 0.3) is 11.5 Å². The van der Waals surface area contributed by atoms with Crippen LogP contribution < -0.4 is 16.2 Å². The second-order valence-electron chi connectivity index (χ2n) is 11.4. The topological polar surface area (TPSA) is 112 Å². The van der Waals surface area contributed by atoms with Crippen molar-refractivity contribution in [2.75, 3.05) is 44.3 Å². The second-order valence-corrected chi connectivity index (χ2v) is 11.4. The minimum absolute atomic E-state index is 0.0228. The van der Waals surface area contributed by atoms with E-state index in [9.17, 15) is 9.59 Å². The molecule has 2 aliphatic heterocycles. The van der Waals surface area contributed by atoms with Crippen LogP contribution in [0.4, 0.5) is 5.82 Å². The Morgan fingerprint density at radius 1 is 0.953 bits per heavy atom. The normalized spacial score (nSPS) is 17.6. The third-order valence-corrected chi connectivity index (χ3v) is 8.53. The van der Waals surface area contributed by atoms with Crippen LogP contribution in [0, 0.1) is 0 Å². The maximum absolute atomic E-state index is 14.5. The lowest BCUT2D eigenvalue weighted by Gasteiger charge is -2.35. The first kappa shape index (κ1) is 27.3. The Labute approximate surface area is 249 Å². The molecule has 0 unspecified atom stereocenters. The summed E-state index contributed by atoms with van der Waals surface area (Å²) in [7, 11) is 0. The van der Waals surface area contributed by atoms with E-state index >= 15 is 0 Å². The summed E-state index contributed by atoms with van der Waals surface area (Å²) in [5.41, 5.74) is 9.37. The Hall–Kier alpha value is -4.54. The number of hydrogen-bond acceptors (Lipinski definition) is 7. The highest BCUT2D eigenvalue weighted by molar-refractivity contribution is 6.10. The molecule has 1 amide bonds. The standard InChI is InChI=1S/C33H35N7O3/c34-25-10-6-14-38(20-25)31-28(32(41)37-15-17-43-18-16-37)29-30(40(31)19-23-7-2-1-3-8-23)33(42)39(22-36-29)21-27-26-11-5-4-9-24(26)12-13-35-27/h1-5,7-9,11-13,22,25H,6,10,14-21,34H2/t25-/m0/s1. The van der Waals surface area contributed by atoms with Crippen molar-refractivity contribution in [2.45, 2.75) is 32.0 Å². The zero-order valence-corrected chi connectivity index (χ0v) is 24.1. The number of hydrogen-bond donors (Lipinski definition) is 1. The number of anilines is 1. The minimum Gasteiger partial charge on any atom is -0.378 e. The fraction of sp³-hybridized carbons (Fsp3) is 0.333. The number of piperidine rings is 1. The molecule has 2 N–H and O–H groups in total. The van der Waals surface area contributed by atoms with Crippen LogP contribution in [0.15, 0.2) is 78.0 Å². The number of rotatable bonds is 6. The van der Waals surface area contributed by atoms with Crippen LogP contribution in [0.5, 0.6) is 0 Å². The molecule has 43 heavy (non-hydrogen) atoms. The van der Waals surface area contributed by atoms with Crippen LogP contribution in [0.25, 0.3) is 21.8 Å². The number of aromatic nitrogens is 4. The summed E-state index contributed by atoms with van der Waals surface area (Å²) in [5.74, 6) is 0.589. The lowest BCUT2D eigenvalue weighted by molar-refractivity contribution is 0.0304. The number of amides is 1. The number of pyridine rings is 1. The summed E-state index contributed by atoms with van der Waals surface area (Å²) >= 11 is 0. The molecule has 0 spiro atoms. The molecule has 5 heterocycles. The van der Waals surface area contributed by atoms with Gasteiger partial charge in [-0.05, 0) is 29.9 Å². The van der Waals surface area contributed by atoms with Crippen LogP contribution >= 0.6 is 0 Å². The Balaban J connectivity index is 1.44. The Morgan fingerprint density at radius 2 is 1.74 bits per heavy atom. The van der Waals surface area contributed by atoms with Crippen molar-refractivity contribution < 1.29 is 9.53 Å². The first-order valence-corrected chi connectivity index (χ1v) is 14.9. The molecule has 0 bridgehead atoms. The van der Waals surface area contributed by atoms with E-state index < -0.39 is 0 Å². The van der Waals surface area contributed by atoms with Crippen molar-refractivity contribution in [3.63, 3.8) is 0 Å². The first-order valence-electron chi connectivity index (χ1n) is 14.9. The number of ether oxygens (including phenoxy) is 1. The first-order chi connectivity index (χ1) is 21.1. The van der Waals surface area contributed by atoms with E-state index in [2.05, 4.69) is 9.88 Å². The molecule has 3 aromatic heterocycles. The van der Waals surface area contributed by atoms with Crippen molar-refractivity contribution >= 4 is 33.5 Å². The Morgan fingerprint density at radius 3 is 2.56 bits per heavy atom. The van der Waals surface area contributed by atoms with Gasteiger partial charge in [-0.2, -0.15) is 0 Å². The summed E-state index contributed by atoms with van der Waals surface area (Å²) in [4.78, 5) is 42.2. The fourth-order valence-electron chi connectivity index (χ4n) is 6.41. The van der Waals surface area contributed by atoms with Crippen molar-refractivity contribution in [3.8, 4) is 0 Å². The van der Waals surface area contributed by atoms with Crippen LogP contribution in [0.2, 0.25) is 0 Å². The van der Waals surface area contributed by atoms with Gasteiger partial charge in [-0.1, -0.05) is 54.6 Å². The molecule has 1 atom stereocenters. The van der Waals surface area contributed by atoms with Gasteiger partial charge in [0.2, 0.25) is 0 Å². The van der Waals surface area contributed by atoms with E-state index in [1.54, 1.807) is 17.1 Å². The highest BCUT2D eigenvalue weighted by Crippen LogP contribution is 2.34. The minimum atomic E-state index is -0.209. The molecule has 0 radical (unpaired) electrons. The van der Waals surface area contributed by atoms with Crippen molar-refractivity contribution in [1.82, 2.24) is 24.0 Å². The second kappa shape index (κ2) is 11.6. The van der Waals surface area contributed by atoms with Crippen LogP contribution in [-0.2, 0) is 17.8 Å². The molecule has 2 fully saturated rings. The van der Waals surface area contributed by atoms with Crippen LogP contribution in [0.3, 0.4) is 0 Å². The average Bonchev–Trinajstić information content (AvgIpc) is 3.37. The highest BCUT2D eigenvalue weighted by atomic mass is 16.5. The number of morpholine rings is 1. The summed E-state index contributed by atoms with van der Waals surface area (Å²) in [6.07, 6.45) is 5.15. The van der Waals surface area contributed by atoms with Gasteiger partial charge in [0.15, 0.2) is 0 Å². The molecule has 7 rings (SSSR count). The summed E-state index contributed by atoms with van der Waals surface area (Å²) in [6.45, 7) is 3.98. The predicted octanol–water partition coefficient (Wildman–Crippen LogP) is 3.24. The Bertz CT molecular complexity index is 1840. The molecule has 2 aliphatic rings. The van der Waals surface area contributed by atoms with Gasteiger partial charge in [-0.3, -0.25) is 19.1 Å². The van der Waals surface area contributed by atoms with Gasteiger partial charge in [0, 0.05) is 50.3 Å². The van der Waals surface area contributed by atoms with Crippen LogP contribution in [-0.4, -0.2) is 75.3 Å². The SMILES string of the molecule is N[C@H]1CCCN(c2c(C(=O)N3CCOCC3)c3ncn(Cc4nccc5ccccc45)c(=O)c3n2Cc2ccccc2)C1. The molecule has 10 heteroatoms. The molecule has 0 aliphatic carbocycles. The number of nitrogens with zero attached hydrogens (tertiary/aromatic N) is 6. The van der Waals surface area contributed by atoms with Gasteiger partial charge in [0.05, 0.1) is 31.8 Å². The van der Waals surface area contributed by atoms with Gasteiger partial charge in [0.1, 0.15) is 22.4 Å². The maximum atomic E-state index is 14.5. The lowest BCUT2D eigenvalue weighted by atomic mass is 10.1. The zero-order valence-electron chi connectivity index (χ0n) is 24.1. The van der Waals surface area contributed by atoms with E-state index in [1.165, 1.54) is 0 Å². The van der Waals surface area contributed by atoms with Crippen molar-refractivity contribution in [2.24, 2.45) is 5.73 Å². The largest absolute Gasteiger partial charge is 0.378 e. The van der Waals surface area contributed by atoms with E-state index in [1.807, 2.05) is 70.1 Å². The molecule has 0 saturated carbocycles. The van der Waals surface area contributed by atoms with Gasteiger partial charge in [-0.25, -0.2) is 4.98 Å². The lowest BCUT2D eigenvalue weighted by Crippen LogP contribution is -2.45. The number of carbonyl (C=O) groups excluding carboxylic acids is 1. The summed E-state index contributed by atoms with van der Waals surface area (Å²) < 4.78 is 9.14. The molecule has 220 valence electrons. The smallest absolute Gasteiger partial charge is 0.278 e. The van der Waals surface area contributed by atoms with Gasteiger partial charge >= 0.3 is 0 Å². The monoisotopic (exact) mass is 577 g/mol. The quantitative estimate of drug-likeness (QED) is 0.330. The van der Waals surface area contributed by atoms with E-state index in [4.69, 9.17) is 15.5 Å². The third-order valence-electron chi connectivity index (χ3n) is 8.53. The summed E-state index contributed by atoms with van der Waals surface area (Å²) in [5, 5.41) is 2.05. The van der Waals surface area contributed by atoms with Gasteiger partial charge in [-0.15, -0.1) is 0 Å². The van der Waals surface area contributed by atoms with Crippen molar-refractivity contribution in [3.05, 3.63) is 100 Å². The molecule has 10 nitrogen and oxygen atoms in total. The zero-order chi connectivity index (χ0) is 29.3. The maximum Gasteiger partial charge on any atom is 0.278 e. The number of nitrogens with two attached hydrogens (primary N) is 1. The summed E-state index contributed by atoms with van der Waals surface area (Å²) in [6, 6.07) is 20.0. The molecule has 5 aromatic rings. The number of benzene rings is 2. The van der Waals surface area contributed by atoms with E-state index in [0.717, 1.165) is 47.2 Å². The molecule has 2 saturated heterocycles. The third kappa shape index (κ3) is 5.17. The highest BCUT2D eigenvalue weighted by Gasteiger charge is 2.34. The molecular weight excluding hydrogens is 542 g/mol. The van der Waals surface area contributed by atoms with Gasteiger partial charge < -0.3 is 24.8 Å². The van der Waals surface area contributed by atoms with Crippen molar-refractivity contribution in [1.29, 1.82) is 0 Å². The predicted molar refractivity (Wildman–Crippen MR) is 167 cm³/mol. The number of carbonyl (C=O) groups is 1. The molecular formula is C33H35N7O3. The average molecular weight is 578 g/mol. The van der Waals surface area contributed by atoms with Crippen LogP contribution in [0.1, 0.15) is 34.5 Å². The number of fused-ring (bicyclic) bond motifs is 2.